The minimum Gasteiger partial charge on any atom is -0.339 e. The van der Waals surface area contributed by atoms with Gasteiger partial charge < -0.3 is 15.5 Å². The zero-order valence-corrected chi connectivity index (χ0v) is 12.8. The lowest BCUT2D eigenvalue weighted by Crippen LogP contribution is -2.54. The van der Waals surface area contributed by atoms with Crippen molar-refractivity contribution in [1.29, 1.82) is 0 Å². The maximum absolute atomic E-state index is 12.3. The highest BCUT2D eigenvalue weighted by atomic mass is 35.5. The van der Waals surface area contributed by atoms with Crippen molar-refractivity contribution in [3.63, 3.8) is 0 Å². The van der Waals surface area contributed by atoms with Crippen molar-refractivity contribution in [1.82, 2.24) is 9.80 Å². The van der Waals surface area contributed by atoms with E-state index in [2.05, 4.69) is 0 Å². The first-order chi connectivity index (χ1) is 9.99. The van der Waals surface area contributed by atoms with Crippen molar-refractivity contribution in [2.24, 2.45) is 5.73 Å². The molecule has 1 aliphatic heterocycles. The molecule has 2 N–H and O–H groups in total. The van der Waals surface area contributed by atoms with Crippen LogP contribution in [0.1, 0.15) is 12.5 Å². The second-order valence-electron chi connectivity index (χ2n) is 5.26. The summed E-state index contributed by atoms with van der Waals surface area (Å²) < 4.78 is 0. The summed E-state index contributed by atoms with van der Waals surface area (Å²) in [6.45, 7) is 3.84. The van der Waals surface area contributed by atoms with Gasteiger partial charge in [0.25, 0.3) is 0 Å². The highest BCUT2D eigenvalue weighted by Gasteiger charge is 2.25. The number of halogens is 1. The number of hydrogen-bond donors (Lipinski definition) is 1. The van der Waals surface area contributed by atoms with Gasteiger partial charge in [-0.15, -0.1) is 0 Å². The van der Waals surface area contributed by atoms with Crippen LogP contribution in [0, 0.1) is 0 Å². The molecule has 1 saturated heterocycles. The van der Waals surface area contributed by atoms with Crippen molar-refractivity contribution in [2.75, 3.05) is 26.2 Å². The number of nitrogens with two attached hydrogens (primary N) is 1. The molecule has 2 amide bonds. The molecule has 0 unspecified atom stereocenters. The summed E-state index contributed by atoms with van der Waals surface area (Å²) in [4.78, 5) is 27.5. The molecule has 0 spiro atoms. The van der Waals surface area contributed by atoms with E-state index in [0.29, 0.717) is 37.6 Å². The van der Waals surface area contributed by atoms with Gasteiger partial charge in [0.15, 0.2) is 0 Å². The van der Waals surface area contributed by atoms with Gasteiger partial charge in [-0.2, -0.15) is 0 Å². The Kier molecular flexibility index (Phi) is 5.20. The molecular formula is C15H20ClN3O2. The third-order valence-electron chi connectivity index (χ3n) is 3.63. The Bertz CT molecular complexity index is 525. The highest BCUT2D eigenvalue weighted by molar-refractivity contribution is 6.31. The van der Waals surface area contributed by atoms with Gasteiger partial charge in [0.1, 0.15) is 0 Å². The maximum Gasteiger partial charge on any atom is 0.239 e. The van der Waals surface area contributed by atoms with Crippen molar-refractivity contribution >= 4 is 23.4 Å². The zero-order valence-electron chi connectivity index (χ0n) is 12.1. The Balaban J connectivity index is 1.89. The van der Waals surface area contributed by atoms with Gasteiger partial charge in [0, 0.05) is 31.2 Å². The van der Waals surface area contributed by atoms with E-state index in [4.69, 9.17) is 17.3 Å². The van der Waals surface area contributed by atoms with Crippen LogP contribution >= 0.6 is 11.6 Å². The lowest BCUT2D eigenvalue weighted by Gasteiger charge is -2.35. The molecule has 2 rings (SSSR count). The fourth-order valence-electron chi connectivity index (χ4n) is 2.38. The van der Waals surface area contributed by atoms with Crippen LogP contribution in [0.25, 0.3) is 0 Å². The zero-order chi connectivity index (χ0) is 15.4. The van der Waals surface area contributed by atoms with Gasteiger partial charge in [0.05, 0.1) is 12.5 Å². The van der Waals surface area contributed by atoms with Gasteiger partial charge in [-0.1, -0.05) is 29.8 Å². The molecule has 1 aromatic carbocycles. The van der Waals surface area contributed by atoms with Gasteiger partial charge in [0.2, 0.25) is 11.8 Å². The summed E-state index contributed by atoms with van der Waals surface area (Å²) in [6.07, 6.45) is 0.293. The molecule has 1 aliphatic rings. The lowest BCUT2D eigenvalue weighted by molar-refractivity contribution is -0.139. The summed E-state index contributed by atoms with van der Waals surface area (Å²) >= 11 is 6.07. The fourth-order valence-corrected chi connectivity index (χ4v) is 2.58. The van der Waals surface area contributed by atoms with E-state index < -0.39 is 6.04 Å². The van der Waals surface area contributed by atoms with Gasteiger partial charge in [-0.25, -0.2) is 0 Å². The number of hydrogen-bond acceptors (Lipinski definition) is 3. The fraction of sp³-hybridized carbons (Fsp3) is 0.467. The molecule has 0 aromatic heterocycles. The second-order valence-corrected chi connectivity index (χ2v) is 5.67. The summed E-state index contributed by atoms with van der Waals surface area (Å²) in [6, 6.07) is 6.86. The Hall–Kier alpha value is -1.59. The van der Waals surface area contributed by atoms with Crippen LogP contribution in [0.15, 0.2) is 24.3 Å². The monoisotopic (exact) mass is 309 g/mol. The van der Waals surface area contributed by atoms with Gasteiger partial charge in [-0.3, -0.25) is 9.59 Å². The number of benzene rings is 1. The predicted octanol–water partition coefficient (Wildman–Crippen LogP) is 0.901. The van der Waals surface area contributed by atoms with Gasteiger partial charge in [-0.05, 0) is 18.6 Å². The molecule has 1 atom stereocenters. The largest absolute Gasteiger partial charge is 0.339 e. The topological polar surface area (TPSA) is 66.6 Å². The molecule has 5 nitrogen and oxygen atoms in total. The molecule has 6 heteroatoms. The number of carbonyl (C=O) groups is 2. The van der Waals surface area contributed by atoms with Crippen LogP contribution in [0.4, 0.5) is 0 Å². The van der Waals surface area contributed by atoms with E-state index in [-0.39, 0.29) is 11.8 Å². The molecule has 0 radical (unpaired) electrons. The molecule has 0 saturated carbocycles. The van der Waals surface area contributed by atoms with Crippen molar-refractivity contribution in [3.05, 3.63) is 34.9 Å². The average molecular weight is 310 g/mol. The van der Waals surface area contributed by atoms with Gasteiger partial charge >= 0.3 is 0 Å². The summed E-state index contributed by atoms with van der Waals surface area (Å²) in [5.74, 6) is -0.0239. The van der Waals surface area contributed by atoms with E-state index in [1.54, 1.807) is 22.8 Å². The van der Waals surface area contributed by atoms with E-state index >= 15 is 0 Å². The smallest absolute Gasteiger partial charge is 0.239 e. The Labute approximate surface area is 129 Å². The molecule has 0 aliphatic carbocycles. The van der Waals surface area contributed by atoms with E-state index in [9.17, 15) is 9.59 Å². The second kappa shape index (κ2) is 6.91. The normalized spacial score (nSPS) is 16.7. The first kappa shape index (κ1) is 15.8. The molecule has 1 fully saturated rings. The van der Waals surface area contributed by atoms with Crippen LogP contribution in [-0.4, -0.2) is 53.8 Å². The summed E-state index contributed by atoms with van der Waals surface area (Å²) in [5.41, 5.74) is 6.43. The molecular weight excluding hydrogens is 290 g/mol. The van der Waals surface area contributed by atoms with Crippen LogP contribution in [0.5, 0.6) is 0 Å². The summed E-state index contributed by atoms with van der Waals surface area (Å²) in [7, 11) is 0. The van der Waals surface area contributed by atoms with E-state index in [1.165, 1.54) is 0 Å². The standard InChI is InChI=1S/C15H20ClN3O2/c1-11(17)15(21)19-8-6-18(7-9-19)14(20)10-12-4-2-3-5-13(12)16/h2-5,11H,6-10,17H2,1H3/t11-/m0/s1. The number of rotatable bonds is 3. The van der Waals surface area contributed by atoms with Crippen molar-refractivity contribution < 1.29 is 9.59 Å². The third kappa shape index (κ3) is 3.95. The van der Waals surface area contributed by atoms with E-state index in [0.717, 1.165) is 5.56 Å². The van der Waals surface area contributed by atoms with Crippen LogP contribution in [-0.2, 0) is 16.0 Å². The van der Waals surface area contributed by atoms with Crippen LogP contribution in [0.3, 0.4) is 0 Å². The average Bonchev–Trinajstić information content (AvgIpc) is 2.49. The van der Waals surface area contributed by atoms with Crippen molar-refractivity contribution in [3.8, 4) is 0 Å². The Morgan fingerprint density at radius 1 is 1.19 bits per heavy atom. The Morgan fingerprint density at radius 3 is 2.33 bits per heavy atom. The minimum atomic E-state index is -0.490. The van der Waals surface area contributed by atoms with Crippen LogP contribution < -0.4 is 5.73 Å². The highest BCUT2D eigenvalue weighted by Crippen LogP contribution is 2.16. The number of piperazine rings is 1. The Morgan fingerprint density at radius 2 is 1.76 bits per heavy atom. The molecule has 114 valence electrons. The van der Waals surface area contributed by atoms with Crippen LogP contribution in [0.2, 0.25) is 5.02 Å². The minimum absolute atomic E-state index is 0.0380. The molecule has 0 bridgehead atoms. The van der Waals surface area contributed by atoms with Crippen molar-refractivity contribution in [2.45, 2.75) is 19.4 Å². The summed E-state index contributed by atoms with van der Waals surface area (Å²) in [5, 5.41) is 0.608. The quantitative estimate of drug-likeness (QED) is 0.902. The first-order valence-corrected chi connectivity index (χ1v) is 7.42. The van der Waals surface area contributed by atoms with E-state index in [1.807, 2.05) is 18.2 Å². The number of carbonyl (C=O) groups excluding carboxylic acids is 2. The predicted molar refractivity (Wildman–Crippen MR) is 82.0 cm³/mol. The molecule has 21 heavy (non-hydrogen) atoms. The number of amides is 2. The third-order valence-corrected chi connectivity index (χ3v) is 4.00. The maximum atomic E-state index is 12.3. The number of nitrogens with zero attached hydrogens (tertiary/aromatic N) is 2. The molecule has 1 aromatic rings. The molecule has 1 heterocycles. The first-order valence-electron chi connectivity index (χ1n) is 7.04. The SMILES string of the molecule is C[C@H](N)C(=O)N1CCN(C(=O)Cc2ccccc2Cl)CC1. The lowest BCUT2D eigenvalue weighted by atomic mass is 10.1.